The number of carbonyl (C=O) groups is 1. The van der Waals surface area contributed by atoms with Gasteiger partial charge in [0.25, 0.3) is 11.5 Å². The van der Waals surface area contributed by atoms with Crippen LogP contribution in [0.4, 0.5) is 5.13 Å². The van der Waals surface area contributed by atoms with Crippen molar-refractivity contribution < 1.29 is 4.79 Å². The molecule has 0 bridgehead atoms. The van der Waals surface area contributed by atoms with E-state index in [9.17, 15) is 9.59 Å². The van der Waals surface area contributed by atoms with Crippen LogP contribution in [0.25, 0.3) is 10.2 Å². The SMILES string of the molecule is CN(C(=O)c1cccn(Cc2ccccc2)c1=O)c1nc2ccccc2s1. The third kappa shape index (κ3) is 3.39. The predicted molar refractivity (Wildman–Crippen MR) is 109 cm³/mol. The smallest absolute Gasteiger partial charge is 0.265 e. The predicted octanol–water partition coefficient (Wildman–Crippen LogP) is 3.78. The standard InChI is InChI=1S/C21H17N3O2S/c1-23(21-22-17-11-5-6-12-18(17)27-21)19(25)16-10-7-13-24(20(16)26)14-15-8-3-2-4-9-15/h2-13H,14H2,1H3. The lowest BCUT2D eigenvalue weighted by molar-refractivity contribution is 0.0991. The Morgan fingerprint density at radius 1 is 1.04 bits per heavy atom. The monoisotopic (exact) mass is 375 g/mol. The summed E-state index contributed by atoms with van der Waals surface area (Å²) < 4.78 is 2.55. The van der Waals surface area contributed by atoms with Crippen LogP contribution in [-0.2, 0) is 6.54 Å². The van der Waals surface area contributed by atoms with Crippen LogP contribution in [0, 0.1) is 0 Å². The first-order valence-corrected chi connectivity index (χ1v) is 9.32. The highest BCUT2D eigenvalue weighted by molar-refractivity contribution is 7.22. The average Bonchev–Trinajstić information content (AvgIpc) is 3.13. The molecule has 5 nitrogen and oxygen atoms in total. The van der Waals surface area contributed by atoms with E-state index in [1.165, 1.54) is 16.2 Å². The molecule has 0 aliphatic heterocycles. The van der Waals surface area contributed by atoms with E-state index in [4.69, 9.17) is 0 Å². The molecule has 0 saturated carbocycles. The largest absolute Gasteiger partial charge is 0.310 e. The van der Waals surface area contributed by atoms with Gasteiger partial charge >= 0.3 is 0 Å². The summed E-state index contributed by atoms with van der Waals surface area (Å²) in [4.78, 5) is 31.7. The molecule has 2 aromatic heterocycles. The number of amides is 1. The van der Waals surface area contributed by atoms with E-state index in [0.717, 1.165) is 15.8 Å². The Bertz CT molecular complexity index is 1130. The number of rotatable bonds is 4. The molecule has 0 aliphatic carbocycles. The van der Waals surface area contributed by atoms with Crippen LogP contribution in [0.2, 0.25) is 0 Å². The highest BCUT2D eigenvalue weighted by atomic mass is 32.1. The van der Waals surface area contributed by atoms with Crippen molar-refractivity contribution in [2.45, 2.75) is 6.54 Å². The van der Waals surface area contributed by atoms with Gasteiger partial charge in [0.15, 0.2) is 5.13 Å². The molecule has 4 aromatic rings. The third-order valence-electron chi connectivity index (χ3n) is 4.32. The van der Waals surface area contributed by atoms with Gasteiger partial charge in [-0.15, -0.1) is 0 Å². The number of aromatic nitrogens is 2. The first-order chi connectivity index (χ1) is 13.1. The Balaban J connectivity index is 1.65. The molecule has 0 fully saturated rings. The molecule has 0 unspecified atom stereocenters. The summed E-state index contributed by atoms with van der Waals surface area (Å²) in [6.45, 7) is 0.422. The van der Waals surface area contributed by atoms with Gasteiger partial charge in [0.2, 0.25) is 0 Å². The van der Waals surface area contributed by atoms with E-state index in [2.05, 4.69) is 4.98 Å². The van der Waals surface area contributed by atoms with E-state index in [1.807, 2.05) is 54.6 Å². The molecule has 0 saturated heterocycles. The molecular weight excluding hydrogens is 358 g/mol. The van der Waals surface area contributed by atoms with Crippen LogP contribution in [0.3, 0.4) is 0 Å². The highest BCUT2D eigenvalue weighted by Gasteiger charge is 2.20. The van der Waals surface area contributed by atoms with Crippen molar-refractivity contribution in [2.75, 3.05) is 11.9 Å². The van der Waals surface area contributed by atoms with Crippen molar-refractivity contribution in [1.29, 1.82) is 0 Å². The Labute approximate surface area is 160 Å². The first kappa shape index (κ1) is 17.2. The number of para-hydroxylation sites is 1. The van der Waals surface area contributed by atoms with Crippen molar-refractivity contribution in [2.24, 2.45) is 0 Å². The molecule has 2 aromatic carbocycles. The van der Waals surface area contributed by atoms with Crippen LogP contribution in [0.1, 0.15) is 15.9 Å². The van der Waals surface area contributed by atoms with E-state index in [1.54, 1.807) is 29.9 Å². The number of thiazole rings is 1. The molecular formula is C21H17N3O2S. The molecule has 134 valence electrons. The van der Waals surface area contributed by atoms with Crippen LogP contribution in [0.5, 0.6) is 0 Å². The third-order valence-corrected chi connectivity index (χ3v) is 5.43. The van der Waals surface area contributed by atoms with E-state index in [-0.39, 0.29) is 17.0 Å². The summed E-state index contributed by atoms with van der Waals surface area (Å²) in [5.41, 5.74) is 1.67. The van der Waals surface area contributed by atoms with Gasteiger partial charge in [-0.3, -0.25) is 14.5 Å². The van der Waals surface area contributed by atoms with Gasteiger partial charge in [-0.2, -0.15) is 0 Å². The van der Waals surface area contributed by atoms with Gasteiger partial charge < -0.3 is 4.57 Å². The Kier molecular flexibility index (Phi) is 4.56. The summed E-state index contributed by atoms with van der Waals surface area (Å²) in [7, 11) is 1.65. The van der Waals surface area contributed by atoms with Crippen molar-refractivity contribution in [3.05, 3.63) is 94.4 Å². The molecule has 1 amide bonds. The summed E-state index contributed by atoms with van der Waals surface area (Å²) in [5.74, 6) is -0.360. The number of hydrogen-bond donors (Lipinski definition) is 0. The molecule has 0 N–H and O–H groups in total. The molecule has 0 radical (unpaired) electrons. The topological polar surface area (TPSA) is 55.2 Å². The maximum atomic E-state index is 12.9. The Morgan fingerprint density at radius 2 is 1.78 bits per heavy atom. The lowest BCUT2D eigenvalue weighted by Gasteiger charge is -2.14. The molecule has 0 atom stereocenters. The molecule has 6 heteroatoms. The van der Waals surface area contributed by atoms with E-state index >= 15 is 0 Å². The fourth-order valence-corrected chi connectivity index (χ4v) is 3.80. The maximum Gasteiger partial charge on any atom is 0.265 e. The molecule has 27 heavy (non-hydrogen) atoms. The summed E-state index contributed by atoms with van der Waals surface area (Å²) >= 11 is 1.43. The van der Waals surface area contributed by atoms with Crippen LogP contribution in [-0.4, -0.2) is 22.5 Å². The summed E-state index contributed by atoms with van der Waals surface area (Å²) in [6.07, 6.45) is 1.70. The number of carbonyl (C=O) groups excluding carboxylic acids is 1. The van der Waals surface area contributed by atoms with Gasteiger partial charge in [-0.1, -0.05) is 53.8 Å². The Hall–Kier alpha value is -3.25. The maximum absolute atomic E-state index is 12.9. The minimum absolute atomic E-state index is 0.134. The number of nitrogens with zero attached hydrogens (tertiary/aromatic N) is 3. The van der Waals surface area contributed by atoms with E-state index < -0.39 is 0 Å². The van der Waals surface area contributed by atoms with Gasteiger partial charge in [0, 0.05) is 13.2 Å². The fourth-order valence-electron chi connectivity index (χ4n) is 2.88. The number of pyridine rings is 1. The lowest BCUT2D eigenvalue weighted by Crippen LogP contribution is -2.34. The van der Waals surface area contributed by atoms with Gasteiger partial charge in [-0.25, -0.2) is 4.98 Å². The van der Waals surface area contributed by atoms with Crippen molar-refractivity contribution >= 4 is 32.6 Å². The zero-order chi connectivity index (χ0) is 18.8. The number of hydrogen-bond acceptors (Lipinski definition) is 4. The van der Waals surface area contributed by atoms with Crippen LogP contribution in [0.15, 0.2) is 77.7 Å². The minimum atomic E-state index is -0.360. The number of anilines is 1. The zero-order valence-corrected chi connectivity index (χ0v) is 15.5. The number of fused-ring (bicyclic) bond motifs is 1. The summed E-state index contributed by atoms with van der Waals surface area (Å²) in [5, 5.41) is 0.569. The molecule has 0 spiro atoms. The lowest BCUT2D eigenvalue weighted by atomic mass is 10.2. The van der Waals surface area contributed by atoms with Gasteiger partial charge in [-0.05, 0) is 29.8 Å². The molecule has 0 aliphatic rings. The summed E-state index contributed by atoms with van der Waals surface area (Å²) in [6, 6.07) is 20.7. The fraction of sp³-hybridized carbons (Fsp3) is 0.0952. The van der Waals surface area contributed by atoms with Crippen molar-refractivity contribution in [1.82, 2.24) is 9.55 Å². The molecule has 4 rings (SSSR count). The number of benzene rings is 2. The average molecular weight is 375 g/mol. The minimum Gasteiger partial charge on any atom is -0.310 e. The second-order valence-electron chi connectivity index (χ2n) is 6.17. The second-order valence-corrected chi connectivity index (χ2v) is 7.18. The first-order valence-electron chi connectivity index (χ1n) is 8.50. The normalized spacial score (nSPS) is 10.9. The second kappa shape index (κ2) is 7.17. The quantitative estimate of drug-likeness (QED) is 0.545. The van der Waals surface area contributed by atoms with Gasteiger partial charge in [0.1, 0.15) is 5.56 Å². The van der Waals surface area contributed by atoms with Crippen molar-refractivity contribution in [3.8, 4) is 0 Å². The molecule has 2 heterocycles. The van der Waals surface area contributed by atoms with Crippen LogP contribution >= 0.6 is 11.3 Å². The highest BCUT2D eigenvalue weighted by Crippen LogP contribution is 2.28. The Morgan fingerprint density at radius 3 is 2.56 bits per heavy atom. The van der Waals surface area contributed by atoms with E-state index in [0.29, 0.717) is 11.7 Å². The van der Waals surface area contributed by atoms with Crippen molar-refractivity contribution in [3.63, 3.8) is 0 Å². The van der Waals surface area contributed by atoms with Crippen LogP contribution < -0.4 is 10.5 Å². The zero-order valence-electron chi connectivity index (χ0n) is 14.7. The van der Waals surface area contributed by atoms with Gasteiger partial charge in [0.05, 0.1) is 16.8 Å².